The van der Waals surface area contributed by atoms with Gasteiger partial charge in [0.25, 0.3) is 0 Å². The first-order valence-corrected chi connectivity index (χ1v) is 7.01. The summed E-state index contributed by atoms with van der Waals surface area (Å²) in [4.78, 5) is 4.11. The smallest absolute Gasteiger partial charge is 0.184 e. The molecule has 2 N–H and O–H groups in total. The standard InChI is InChI=1S/C11H17ClN2OS/c12-9-7-16-10(14-9)13-8-11(15)5-3-1-2-4-6-11/h7,15H,1-6,8H2,(H,13,14). The van der Waals surface area contributed by atoms with Crippen molar-refractivity contribution in [1.82, 2.24) is 4.98 Å². The Bertz CT molecular complexity index is 334. The maximum Gasteiger partial charge on any atom is 0.184 e. The normalized spacial score (nSPS) is 20.4. The van der Waals surface area contributed by atoms with Crippen molar-refractivity contribution in [2.24, 2.45) is 0 Å². The SMILES string of the molecule is OC1(CNc2nc(Cl)cs2)CCCCCC1. The van der Waals surface area contributed by atoms with E-state index in [0.29, 0.717) is 11.7 Å². The Balaban J connectivity index is 1.87. The monoisotopic (exact) mass is 260 g/mol. The van der Waals surface area contributed by atoms with Crippen LogP contribution in [-0.2, 0) is 0 Å². The van der Waals surface area contributed by atoms with E-state index in [9.17, 15) is 5.11 Å². The molecule has 0 aromatic carbocycles. The molecule has 0 amide bonds. The highest BCUT2D eigenvalue weighted by Crippen LogP contribution is 2.28. The molecule has 5 heteroatoms. The molecule has 1 aromatic heterocycles. The van der Waals surface area contributed by atoms with E-state index in [1.165, 1.54) is 24.2 Å². The Labute approximate surface area is 105 Å². The average molecular weight is 261 g/mol. The number of halogens is 1. The lowest BCUT2D eigenvalue weighted by Crippen LogP contribution is -2.36. The molecule has 90 valence electrons. The third kappa shape index (κ3) is 3.34. The summed E-state index contributed by atoms with van der Waals surface area (Å²) in [6.07, 6.45) is 6.50. The molecule has 1 heterocycles. The number of aromatic nitrogens is 1. The molecule has 3 nitrogen and oxygen atoms in total. The number of hydrogen-bond acceptors (Lipinski definition) is 4. The van der Waals surface area contributed by atoms with Crippen LogP contribution in [0.5, 0.6) is 0 Å². The van der Waals surface area contributed by atoms with Gasteiger partial charge in [-0.1, -0.05) is 37.3 Å². The lowest BCUT2D eigenvalue weighted by atomic mass is 9.95. The summed E-state index contributed by atoms with van der Waals surface area (Å²) in [5.74, 6) is 0. The van der Waals surface area contributed by atoms with Crippen molar-refractivity contribution in [1.29, 1.82) is 0 Å². The lowest BCUT2D eigenvalue weighted by molar-refractivity contribution is 0.0381. The van der Waals surface area contributed by atoms with Crippen LogP contribution in [0.4, 0.5) is 5.13 Å². The summed E-state index contributed by atoms with van der Waals surface area (Å²) >= 11 is 7.22. The van der Waals surface area contributed by atoms with Crippen molar-refractivity contribution in [2.45, 2.75) is 44.1 Å². The van der Waals surface area contributed by atoms with Crippen LogP contribution in [0, 0.1) is 0 Å². The highest BCUT2D eigenvalue weighted by molar-refractivity contribution is 7.14. The molecule has 0 radical (unpaired) electrons. The van der Waals surface area contributed by atoms with Gasteiger partial charge in [0.15, 0.2) is 5.13 Å². The Hall–Kier alpha value is -0.320. The predicted octanol–water partition coefficient (Wildman–Crippen LogP) is 3.29. The van der Waals surface area contributed by atoms with Crippen LogP contribution in [0.3, 0.4) is 0 Å². The Morgan fingerprint density at radius 1 is 1.38 bits per heavy atom. The van der Waals surface area contributed by atoms with Crippen molar-refractivity contribution in [3.05, 3.63) is 10.5 Å². The number of nitrogens with zero attached hydrogens (tertiary/aromatic N) is 1. The second-order valence-corrected chi connectivity index (χ2v) is 5.71. The molecule has 1 fully saturated rings. The minimum absolute atomic E-state index is 0.514. The van der Waals surface area contributed by atoms with Gasteiger partial charge in [-0.05, 0) is 12.8 Å². The molecular formula is C11H17ClN2OS. The second-order valence-electron chi connectivity index (χ2n) is 4.47. The minimum atomic E-state index is -0.561. The Kier molecular flexibility index (Phi) is 4.05. The highest BCUT2D eigenvalue weighted by Gasteiger charge is 2.27. The second kappa shape index (κ2) is 5.34. The summed E-state index contributed by atoms with van der Waals surface area (Å²) in [6, 6.07) is 0. The van der Waals surface area contributed by atoms with E-state index in [1.807, 2.05) is 0 Å². The zero-order valence-corrected chi connectivity index (χ0v) is 10.8. The summed E-state index contributed by atoms with van der Waals surface area (Å²) in [5.41, 5.74) is -0.561. The van der Waals surface area contributed by atoms with Gasteiger partial charge in [0.1, 0.15) is 5.15 Å². The van der Waals surface area contributed by atoms with Gasteiger partial charge in [-0.25, -0.2) is 4.98 Å². The quantitative estimate of drug-likeness (QED) is 0.820. The van der Waals surface area contributed by atoms with Gasteiger partial charge >= 0.3 is 0 Å². The maximum absolute atomic E-state index is 10.4. The largest absolute Gasteiger partial charge is 0.388 e. The molecule has 0 aliphatic heterocycles. The fourth-order valence-electron chi connectivity index (χ4n) is 2.14. The molecular weight excluding hydrogens is 244 g/mol. The van der Waals surface area contributed by atoms with Crippen LogP contribution in [0.1, 0.15) is 38.5 Å². The van der Waals surface area contributed by atoms with Gasteiger partial charge in [-0.3, -0.25) is 0 Å². The van der Waals surface area contributed by atoms with Gasteiger partial charge in [-0.15, -0.1) is 11.3 Å². The van der Waals surface area contributed by atoms with Crippen LogP contribution in [0.15, 0.2) is 5.38 Å². The molecule has 0 bridgehead atoms. The number of anilines is 1. The zero-order chi connectivity index (χ0) is 11.4. The first-order chi connectivity index (χ1) is 7.68. The molecule has 1 saturated carbocycles. The molecule has 0 unspecified atom stereocenters. The van der Waals surface area contributed by atoms with Crippen LogP contribution in [0.25, 0.3) is 0 Å². The zero-order valence-electron chi connectivity index (χ0n) is 9.21. The van der Waals surface area contributed by atoms with Gasteiger partial charge in [0.2, 0.25) is 0 Å². The lowest BCUT2D eigenvalue weighted by Gasteiger charge is -2.26. The Morgan fingerprint density at radius 2 is 2.06 bits per heavy atom. The van der Waals surface area contributed by atoms with Crippen LogP contribution >= 0.6 is 22.9 Å². The summed E-state index contributed by atoms with van der Waals surface area (Å²) in [6.45, 7) is 0.580. The van der Waals surface area contributed by atoms with E-state index < -0.39 is 5.60 Å². The van der Waals surface area contributed by atoms with Crippen molar-refractivity contribution in [3.8, 4) is 0 Å². The Morgan fingerprint density at radius 3 is 2.62 bits per heavy atom. The number of hydrogen-bond donors (Lipinski definition) is 2. The van der Waals surface area contributed by atoms with E-state index >= 15 is 0 Å². The van der Waals surface area contributed by atoms with E-state index in [-0.39, 0.29) is 0 Å². The van der Waals surface area contributed by atoms with Crippen LogP contribution in [0.2, 0.25) is 5.15 Å². The fraction of sp³-hybridized carbons (Fsp3) is 0.727. The maximum atomic E-state index is 10.4. The van der Waals surface area contributed by atoms with Crippen molar-refractivity contribution in [2.75, 3.05) is 11.9 Å². The first-order valence-electron chi connectivity index (χ1n) is 5.75. The summed E-state index contributed by atoms with van der Waals surface area (Å²) in [7, 11) is 0. The molecule has 1 aromatic rings. The first kappa shape index (κ1) is 12.1. The highest BCUT2D eigenvalue weighted by atomic mass is 35.5. The topological polar surface area (TPSA) is 45.1 Å². The number of thiazole rings is 1. The van der Waals surface area contributed by atoms with Gasteiger partial charge in [-0.2, -0.15) is 0 Å². The summed E-state index contributed by atoms with van der Waals surface area (Å²) in [5, 5.41) is 16.7. The number of aliphatic hydroxyl groups is 1. The number of nitrogens with one attached hydrogen (secondary N) is 1. The minimum Gasteiger partial charge on any atom is -0.388 e. The number of rotatable bonds is 3. The molecule has 16 heavy (non-hydrogen) atoms. The van der Waals surface area contributed by atoms with Crippen molar-refractivity contribution < 1.29 is 5.11 Å². The fourth-order valence-corrected chi connectivity index (χ4v) is 2.98. The summed E-state index contributed by atoms with van der Waals surface area (Å²) < 4.78 is 0. The predicted molar refractivity (Wildman–Crippen MR) is 68.3 cm³/mol. The van der Waals surface area contributed by atoms with Gasteiger partial charge < -0.3 is 10.4 Å². The van der Waals surface area contributed by atoms with E-state index in [0.717, 1.165) is 30.8 Å². The molecule has 0 saturated heterocycles. The van der Waals surface area contributed by atoms with Gasteiger partial charge in [0, 0.05) is 11.9 Å². The van der Waals surface area contributed by atoms with E-state index in [4.69, 9.17) is 11.6 Å². The van der Waals surface area contributed by atoms with Crippen molar-refractivity contribution in [3.63, 3.8) is 0 Å². The third-order valence-corrected chi connectivity index (χ3v) is 4.20. The van der Waals surface area contributed by atoms with Crippen LogP contribution in [-0.4, -0.2) is 22.2 Å². The molecule has 1 aliphatic carbocycles. The van der Waals surface area contributed by atoms with Gasteiger partial charge in [0.05, 0.1) is 5.60 Å². The van der Waals surface area contributed by atoms with E-state index in [1.54, 1.807) is 5.38 Å². The third-order valence-electron chi connectivity index (χ3n) is 3.08. The molecule has 0 atom stereocenters. The molecule has 1 aliphatic rings. The molecule has 2 rings (SSSR count). The van der Waals surface area contributed by atoms with Crippen molar-refractivity contribution >= 4 is 28.1 Å². The van der Waals surface area contributed by atoms with E-state index in [2.05, 4.69) is 10.3 Å². The average Bonchev–Trinajstić information content (AvgIpc) is 2.54. The van der Waals surface area contributed by atoms with Crippen LogP contribution < -0.4 is 5.32 Å². The molecule has 0 spiro atoms.